The molecule has 0 radical (unpaired) electrons. The van der Waals surface area contributed by atoms with Crippen LogP contribution in [0.4, 0.5) is 10.5 Å². The molecule has 2 amide bonds. The summed E-state index contributed by atoms with van der Waals surface area (Å²) in [5, 5.41) is 12.4. The van der Waals surface area contributed by atoms with Crippen LogP contribution in [0.2, 0.25) is 0 Å². The van der Waals surface area contributed by atoms with E-state index in [0.717, 1.165) is 11.3 Å². The van der Waals surface area contributed by atoms with E-state index < -0.39 is 5.60 Å². The number of nitrogens with one attached hydrogen (secondary N) is 1. The average molecular weight is 237 g/mol. The first-order valence-electron chi connectivity index (χ1n) is 5.45. The Hall–Kier alpha value is -1.62. The topological polar surface area (TPSA) is 65.5 Å². The van der Waals surface area contributed by atoms with Crippen molar-refractivity contribution < 1.29 is 9.90 Å². The summed E-state index contributed by atoms with van der Waals surface area (Å²) < 4.78 is 0. The number of aromatic nitrogens is 1. The second-order valence-electron chi connectivity index (χ2n) is 4.79. The van der Waals surface area contributed by atoms with Crippen LogP contribution in [0, 0.1) is 6.92 Å². The van der Waals surface area contributed by atoms with Gasteiger partial charge in [-0.3, -0.25) is 4.98 Å². The van der Waals surface area contributed by atoms with Gasteiger partial charge in [-0.1, -0.05) is 0 Å². The number of pyridine rings is 1. The van der Waals surface area contributed by atoms with Gasteiger partial charge in [0.15, 0.2) is 0 Å². The number of likely N-dealkylation sites (N-methyl/N-ethyl adjacent to an activating group) is 1. The van der Waals surface area contributed by atoms with Crippen molar-refractivity contribution in [2.75, 3.05) is 18.9 Å². The maximum Gasteiger partial charge on any atom is 0.321 e. The van der Waals surface area contributed by atoms with E-state index in [9.17, 15) is 9.90 Å². The molecular weight excluding hydrogens is 218 g/mol. The maximum atomic E-state index is 11.8. The van der Waals surface area contributed by atoms with Crippen LogP contribution < -0.4 is 5.32 Å². The Bertz CT molecular complexity index is 399. The van der Waals surface area contributed by atoms with Gasteiger partial charge in [0.1, 0.15) is 0 Å². The minimum Gasteiger partial charge on any atom is -0.389 e. The molecule has 0 bridgehead atoms. The quantitative estimate of drug-likeness (QED) is 0.839. The molecule has 1 rings (SSSR count). The Morgan fingerprint density at radius 2 is 2.24 bits per heavy atom. The molecule has 94 valence electrons. The van der Waals surface area contributed by atoms with Gasteiger partial charge in [-0.15, -0.1) is 0 Å². The molecule has 17 heavy (non-hydrogen) atoms. The molecule has 0 aliphatic carbocycles. The lowest BCUT2D eigenvalue weighted by Gasteiger charge is -2.25. The van der Waals surface area contributed by atoms with Crippen molar-refractivity contribution in [2.45, 2.75) is 26.4 Å². The van der Waals surface area contributed by atoms with Crippen LogP contribution in [0.15, 0.2) is 18.5 Å². The second kappa shape index (κ2) is 5.14. The number of aliphatic hydroxyl groups is 1. The van der Waals surface area contributed by atoms with Crippen molar-refractivity contribution >= 4 is 11.7 Å². The van der Waals surface area contributed by atoms with Crippen molar-refractivity contribution in [1.29, 1.82) is 0 Å². The molecule has 0 unspecified atom stereocenters. The first-order valence-corrected chi connectivity index (χ1v) is 5.45. The Kier molecular flexibility index (Phi) is 4.07. The molecule has 0 aliphatic heterocycles. The molecule has 1 aromatic rings. The van der Waals surface area contributed by atoms with E-state index in [-0.39, 0.29) is 12.6 Å². The van der Waals surface area contributed by atoms with Crippen LogP contribution in [-0.4, -0.2) is 40.2 Å². The number of aryl methyl sites for hydroxylation is 1. The molecule has 1 heterocycles. The lowest BCUT2D eigenvalue weighted by molar-refractivity contribution is 0.0550. The molecule has 2 N–H and O–H groups in total. The number of amides is 2. The maximum absolute atomic E-state index is 11.8. The largest absolute Gasteiger partial charge is 0.389 e. The summed E-state index contributed by atoms with van der Waals surface area (Å²) in [5.74, 6) is 0. The van der Waals surface area contributed by atoms with Crippen molar-refractivity contribution in [3.05, 3.63) is 24.0 Å². The SMILES string of the molecule is Cc1cnccc1NC(=O)N(C)CC(C)(C)O. The molecular formula is C12H19N3O2. The van der Waals surface area contributed by atoms with E-state index in [4.69, 9.17) is 0 Å². The fourth-order valence-corrected chi connectivity index (χ4v) is 1.48. The molecule has 5 nitrogen and oxygen atoms in total. The fourth-order valence-electron chi connectivity index (χ4n) is 1.48. The molecule has 1 aromatic heterocycles. The summed E-state index contributed by atoms with van der Waals surface area (Å²) in [6.07, 6.45) is 3.31. The normalized spacial score (nSPS) is 11.1. The minimum atomic E-state index is -0.903. The zero-order valence-electron chi connectivity index (χ0n) is 10.7. The number of anilines is 1. The van der Waals surface area contributed by atoms with Gasteiger partial charge >= 0.3 is 6.03 Å². The van der Waals surface area contributed by atoms with Gasteiger partial charge in [0.25, 0.3) is 0 Å². The van der Waals surface area contributed by atoms with E-state index in [2.05, 4.69) is 10.3 Å². The van der Waals surface area contributed by atoms with Crippen molar-refractivity contribution in [1.82, 2.24) is 9.88 Å². The number of urea groups is 1. The molecule has 5 heteroatoms. The Balaban J connectivity index is 2.64. The average Bonchev–Trinajstić information content (AvgIpc) is 2.18. The highest BCUT2D eigenvalue weighted by molar-refractivity contribution is 5.89. The number of rotatable bonds is 3. The van der Waals surface area contributed by atoms with Crippen molar-refractivity contribution in [3.8, 4) is 0 Å². The highest BCUT2D eigenvalue weighted by Gasteiger charge is 2.19. The number of nitrogens with zero attached hydrogens (tertiary/aromatic N) is 2. The Labute approximate surface area is 101 Å². The van der Waals surface area contributed by atoms with Crippen molar-refractivity contribution in [3.63, 3.8) is 0 Å². The van der Waals surface area contributed by atoms with Gasteiger partial charge in [-0.05, 0) is 32.4 Å². The van der Waals surface area contributed by atoms with Gasteiger partial charge in [0.05, 0.1) is 12.1 Å². The van der Waals surface area contributed by atoms with Gasteiger partial charge < -0.3 is 15.3 Å². The summed E-state index contributed by atoms with van der Waals surface area (Å²) in [5.41, 5.74) is 0.726. The molecule has 0 aromatic carbocycles. The Morgan fingerprint density at radius 1 is 1.59 bits per heavy atom. The van der Waals surface area contributed by atoms with E-state index in [0.29, 0.717) is 0 Å². The van der Waals surface area contributed by atoms with Crippen LogP contribution in [0.25, 0.3) is 0 Å². The third-order valence-electron chi connectivity index (χ3n) is 2.23. The van der Waals surface area contributed by atoms with E-state index >= 15 is 0 Å². The first kappa shape index (κ1) is 13.4. The van der Waals surface area contributed by atoms with Gasteiger partial charge in [0.2, 0.25) is 0 Å². The van der Waals surface area contributed by atoms with Crippen LogP contribution >= 0.6 is 0 Å². The van der Waals surface area contributed by atoms with E-state index in [1.165, 1.54) is 4.90 Å². The smallest absolute Gasteiger partial charge is 0.321 e. The van der Waals surface area contributed by atoms with Gasteiger partial charge in [-0.2, -0.15) is 0 Å². The molecule has 0 saturated heterocycles. The predicted molar refractivity (Wildman–Crippen MR) is 66.9 cm³/mol. The van der Waals surface area contributed by atoms with Crippen LogP contribution in [0.1, 0.15) is 19.4 Å². The van der Waals surface area contributed by atoms with Crippen LogP contribution in [0.3, 0.4) is 0 Å². The van der Waals surface area contributed by atoms with Crippen LogP contribution in [-0.2, 0) is 0 Å². The van der Waals surface area contributed by atoms with Gasteiger partial charge in [-0.25, -0.2) is 4.79 Å². The zero-order valence-corrected chi connectivity index (χ0v) is 10.7. The minimum absolute atomic E-state index is 0.249. The zero-order chi connectivity index (χ0) is 13.1. The van der Waals surface area contributed by atoms with Gasteiger partial charge in [0, 0.05) is 25.1 Å². The molecule has 0 spiro atoms. The number of carbonyl (C=O) groups excluding carboxylic acids is 1. The Morgan fingerprint density at radius 3 is 2.76 bits per heavy atom. The number of carbonyl (C=O) groups is 1. The molecule has 0 aliphatic rings. The van der Waals surface area contributed by atoms with E-state index in [1.54, 1.807) is 39.4 Å². The standard InChI is InChI=1S/C12H19N3O2/c1-9-7-13-6-5-10(9)14-11(16)15(4)8-12(2,3)17/h5-7,17H,8H2,1-4H3,(H,13,14,16). The summed E-state index contributed by atoms with van der Waals surface area (Å²) in [6, 6.07) is 1.49. The third-order valence-corrected chi connectivity index (χ3v) is 2.23. The number of hydrogen-bond donors (Lipinski definition) is 2. The number of hydrogen-bond acceptors (Lipinski definition) is 3. The summed E-state index contributed by atoms with van der Waals surface area (Å²) in [4.78, 5) is 17.2. The first-order chi connectivity index (χ1) is 7.79. The third kappa shape index (κ3) is 4.40. The molecule has 0 fully saturated rings. The summed E-state index contributed by atoms with van der Waals surface area (Å²) in [7, 11) is 1.64. The molecule has 0 atom stereocenters. The summed E-state index contributed by atoms with van der Waals surface area (Å²) >= 11 is 0. The fraction of sp³-hybridized carbons (Fsp3) is 0.500. The molecule has 0 saturated carbocycles. The highest BCUT2D eigenvalue weighted by Crippen LogP contribution is 2.12. The van der Waals surface area contributed by atoms with Crippen molar-refractivity contribution in [2.24, 2.45) is 0 Å². The second-order valence-corrected chi connectivity index (χ2v) is 4.79. The summed E-state index contributed by atoms with van der Waals surface area (Å²) in [6.45, 7) is 5.46. The van der Waals surface area contributed by atoms with E-state index in [1.807, 2.05) is 6.92 Å². The monoisotopic (exact) mass is 237 g/mol. The predicted octanol–water partition coefficient (Wildman–Crippen LogP) is 1.62. The highest BCUT2D eigenvalue weighted by atomic mass is 16.3. The lowest BCUT2D eigenvalue weighted by atomic mass is 10.1. The van der Waals surface area contributed by atoms with Crippen LogP contribution in [0.5, 0.6) is 0 Å². The lowest BCUT2D eigenvalue weighted by Crippen LogP contribution is -2.41.